The first-order valence-corrected chi connectivity index (χ1v) is 29.6. The van der Waals surface area contributed by atoms with E-state index in [4.69, 9.17) is 0 Å². The van der Waals surface area contributed by atoms with Crippen molar-refractivity contribution in [2.45, 2.75) is 315 Å². The summed E-state index contributed by atoms with van der Waals surface area (Å²) < 4.78 is 0. The maximum absolute atomic E-state index is 9.28. The molecule has 1 spiro atoms. The Bertz CT molecular complexity index is 1110. The third-order valence-corrected chi connectivity index (χ3v) is 15.8. The second kappa shape index (κ2) is 42.7. The Kier molecular flexibility index (Phi) is 37.9. The van der Waals surface area contributed by atoms with Crippen molar-refractivity contribution in [1.82, 2.24) is 10.3 Å². The zero-order valence-electron chi connectivity index (χ0n) is 43.1. The number of aromatic nitrogens is 1. The monoisotopic (exact) mass is 887 g/mol. The first-order chi connectivity index (χ1) is 31.8. The van der Waals surface area contributed by atoms with Gasteiger partial charge in [-0.3, -0.25) is 0 Å². The molecule has 0 bridgehead atoms. The molecule has 370 valence electrons. The lowest BCUT2D eigenvalue weighted by atomic mass is 9.78. The van der Waals surface area contributed by atoms with E-state index in [-0.39, 0.29) is 0 Å². The lowest BCUT2D eigenvalue weighted by molar-refractivity contribution is 0.259. The van der Waals surface area contributed by atoms with Crippen LogP contribution in [-0.4, -0.2) is 31.2 Å². The van der Waals surface area contributed by atoms with Crippen LogP contribution in [0.3, 0.4) is 0 Å². The smallest absolute Gasteiger partial charge is 0.128 e. The van der Waals surface area contributed by atoms with Gasteiger partial charge in [-0.2, -0.15) is 5.26 Å². The molecule has 4 heteroatoms. The Morgan fingerprint density at radius 3 is 0.984 bits per heavy atom. The normalized spacial score (nSPS) is 25.0. The van der Waals surface area contributed by atoms with E-state index >= 15 is 0 Å². The van der Waals surface area contributed by atoms with Crippen molar-refractivity contribution in [1.29, 1.82) is 5.26 Å². The van der Waals surface area contributed by atoms with Gasteiger partial charge in [0.25, 0.3) is 0 Å². The highest BCUT2D eigenvalue weighted by Gasteiger charge is 2.37. The number of rotatable bonds is 1. The summed E-state index contributed by atoms with van der Waals surface area (Å²) in [5.41, 5.74) is 1.05. The molecule has 3 heterocycles. The van der Waals surface area contributed by atoms with Crippen LogP contribution in [0.1, 0.15) is 320 Å². The molecule has 1 unspecified atom stereocenters. The van der Waals surface area contributed by atoms with Gasteiger partial charge < -0.3 is 10.2 Å². The number of nitrogens with zero attached hydrogens (tertiary/aromatic N) is 3. The van der Waals surface area contributed by atoms with Crippen LogP contribution in [0.4, 0.5) is 5.82 Å². The van der Waals surface area contributed by atoms with Gasteiger partial charge in [-0.05, 0) is 56.3 Å². The molecular weight excluding hydrogens is 777 g/mol. The third kappa shape index (κ3) is 32.2. The minimum atomic E-state index is 0.393. The molecular formula is C60H110N4. The van der Waals surface area contributed by atoms with Crippen molar-refractivity contribution in [3.8, 4) is 6.07 Å². The van der Waals surface area contributed by atoms with Crippen LogP contribution in [0, 0.1) is 16.7 Å². The lowest BCUT2D eigenvalue weighted by Gasteiger charge is -2.30. The van der Waals surface area contributed by atoms with Crippen LogP contribution < -0.4 is 10.2 Å². The van der Waals surface area contributed by atoms with Gasteiger partial charge in [0.1, 0.15) is 11.9 Å². The predicted octanol–water partition coefficient (Wildman–Crippen LogP) is 19.5. The SMILES string of the molecule is N#Cc1ccc(N2CCC3(CCCCCCCCCCCCCCCCCCCCCCCCCCCCCCCCCCCCCCCCCCCCCCCCNCC3)C2)nc1. The van der Waals surface area contributed by atoms with Crippen LogP contribution in [0.25, 0.3) is 0 Å². The Morgan fingerprint density at radius 2 is 0.688 bits per heavy atom. The summed E-state index contributed by atoms with van der Waals surface area (Å²) in [5.74, 6) is 1.05. The van der Waals surface area contributed by atoms with E-state index in [1.165, 1.54) is 321 Å². The standard InChI is InChI=1S/C60H110N4/c61-55-58-47-48-59(63-56-58)64-54-51-60(57-64)49-45-43-41-39-37-35-33-31-29-27-25-23-21-19-17-15-13-11-9-7-5-3-1-2-4-6-8-10-12-14-16-18-20-22-24-26-28-30-32-34-36-38-40-42-44-46-52-62-53-50-60/h47-48,56,62H,1-46,49-54,57H2. The number of hydrogen-bond acceptors (Lipinski definition) is 4. The average Bonchev–Trinajstić information content (AvgIpc) is 3.74. The summed E-state index contributed by atoms with van der Waals surface area (Å²) >= 11 is 0. The topological polar surface area (TPSA) is 52.0 Å². The molecule has 1 atom stereocenters. The fraction of sp³-hybridized carbons (Fsp3) is 0.900. The summed E-state index contributed by atoms with van der Waals surface area (Å²) in [5, 5.41) is 13.1. The van der Waals surface area contributed by atoms with Gasteiger partial charge >= 0.3 is 0 Å². The minimum Gasteiger partial charge on any atom is -0.356 e. The molecule has 0 amide bonds. The summed E-state index contributed by atoms with van der Waals surface area (Å²) in [4.78, 5) is 7.18. The lowest BCUT2D eigenvalue weighted by Crippen LogP contribution is -2.31. The zero-order valence-corrected chi connectivity index (χ0v) is 43.1. The Balaban J connectivity index is 1.26. The van der Waals surface area contributed by atoms with Crippen LogP contribution in [0.15, 0.2) is 18.3 Å². The molecule has 2 saturated heterocycles. The number of pyridine rings is 1. The van der Waals surface area contributed by atoms with Crippen LogP contribution in [0.5, 0.6) is 0 Å². The van der Waals surface area contributed by atoms with Crippen molar-refractivity contribution in [3.63, 3.8) is 0 Å². The van der Waals surface area contributed by atoms with E-state index in [0.717, 1.165) is 25.5 Å². The fourth-order valence-electron chi connectivity index (χ4n) is 11.3. The first-order valence-electron chi connectivity index (χ1n) is 29.6. The highest BCUT2D eigenvalue weighted by Crippen LogP contribution is 2.40. The van der Waals surface area contributed by atoms with E-state index in [2.05, 4.69) is 27.3 Å². The van der Waals surface area contributed by atoms with E-state index in [1.54, 1.807) is 6.20 Å². The van der Waals surface area contributed by atoms with Crippen molar-refractivity contribution >= 4 is 5.82 Å². The zero-order chi connectivity index (χ0) is 45.0. The molecule has 2 aliphatic rings. The first kappa shape index (κ1) is 56.7. The Hall–Kier alpha value is -1.60. The predicted molar refractivity (Wildman–Crippen MR) is 283 cm³/mol. The quantitative estimate of drug-likeness (QED) is 0.305. The van der Waals surface area contributed by atoms with Gasteiger partial charge in [0, 0.05) is 19.3 Å². The summed E-state index contributed by atoms with van der Waals surface area (Å²) in [6, 6.07) is 6.24. The Morgan fingerprint density at radius 1 is 0.375 bits per heavy atom. The molecule has 4 nitrogen and oxygen atoms in total. The highest BCUT2D eigenvalue weighted by atomic mass is 15.2. The van der Waals surface area contributed by atoms with E-state index in [9.17, 15) is 5.26 Å². The second-order valence-electron chi connectivity index (χ2n) is 21.7. The number of anilines is 1. The number of hydrogen-bond donors (Lipinski definition) is 1. The van der Waals surface area contributed by atoms with E-state index < -0.39 is 0 Å². The van der Waals surface area contributed by atoms with Crippen LogP contribution >= 0.6 is 0 Å². The molecule has 64 heavy (non-hydrogen) atoms. The third-order valence-electron chi connectivity index (χ3n) is 15.8. The number of nitrogens with one attached hydrogen (secondary N) is 1. The molecule has 1 aromatic rings. The van der Waals surface area contributed by atoms with Crippen molar-refractivity contribution in [3.05, 3.63) is 23.9 Å². The maximum atomic E-state index is 9.28. The van der Waals surface area contributed by atoms with E-state index in [0.29, 0.717) is 11.0 Å². The molecule has 0 aliphatic carbocycles. The molecule has 2 aliphatic heterocycles. The second-order valence-corrected chi connectivity index (χ2v) is 21.7. The highest BCUT2D eigenvalue weighted by molar-refractivity contribution is 5.43. The van der Waals surface area contributed by atoms with Gasteiger partial charge in [0.15, 0.2) is 0 Å². The van der Waals surface area contributed by atoms with Gasteiger partial charge in [-0.1, -0.05) is 289 Å². The average molecular weight is 888 g/mol. The van der Waals surface area contributed by atoms with Crippen molar-refractivity contribution in [2.24, 2.45) is 5.41 Å². The maximum Gasteiger partial charge on any atom is 0.128 e. The molecule has 0 aromatic carbocycles. The largest absolute Gasteiger partial charge is 0.356 e. The van der Waals surface area contributed by atoms with E-state index in [1.807, 2.05) is 6.07 Å². The molecule has 2 fully saturated rings. The summed E-state index contributed by atoms with van der Waals surface area (Å²) in [6.07, 6.45) is 72.9. The van der Waals surface area contributed by atoms with Crippen LogP contribution in [-0.2, 0) is 0 Å². The van der Waals surface area contributed by atoms with Crippen LogP contribution in [0.2, 0.25) is 0 Å². The molecule has 0 radical (unpaired) electrons. The minimum absolute atomic E-state index is 0.393. The number of nitriles is 1. The molecule has 3 rings (SSSR count). The molecule has 1 N–H and O–H groups in total. The summed E-state index contributed by atoms with van der Waals surface area (Å²) in [7, 11) is 0. The van der Waals surface area contributed by atoms with Crippen molar-refractivity contribution in [2.75, 3.05) is 31.1 Å². The Labute approximate surface area is 400 Å². The molecule has 0 saturated carbocycles. The molecule has 1 aromatic heterocycles. The van der Waals surface area contributed by atoms with Crippen molar-refractivity contribution < 1.29 is 0 Å². The van der Waals surface area contributed by atoms with Gasteiger partial charge in [0.2, 0.25) is 0 Å². The fourth-order valence-corrected chi connectivity index (χ4v) is 11.3. The van der Waals surface area contributed by atoms with Gasteiger partial charge in [-0.15, -0.1) is 0 Å². The van der Waals surface area contributed by atoms with Gasteiger partial charge in [0.05, 0.1) is 5.56 Å². The summed E-state index contributed by atoms with van der Waals surface area (Å²) in [6.45, 7) is 4.54. The van der Waals surface area contributed by atoms with Gasteiger partial charge in [-0.25, -0.2) is 4.98 Å².